The molecule has 14 heavy (non-hydrogen) atoms. The number of hydrogen-bond acceptors (Lipinski definition) is 2. The SMILES string of the molecule is CCOc1ccc(C=CCC=O)cc1. The second kappa shape index (κ2) is 5.97. The van der Waals surface area contributed by atoms with Crippen LogP contribution in [-0.4, -0.2) is 12.9 Å². The first kappa shape index (κ1) is 10.5. The number of ether oxygens (including phenoxy) is 1. The summed E-state index contributed by atoms with van der Waals surface area (Å²) >= 11 is 0. The minimum atomic E-state index is 0.465. The molecule has 0 radical (unpaired) electrons. The van der Waals surface area contributed by atoms with E-state index >= 15 is 0 Å². The summed E-state index contributed by atoms with van der Waals surface area (Å²) in [6, 6.07) is 7.77. The third kappa shape index (κ3) is 3.44. The van der Waals surface area contributed by atoms with Gasteiger partial charge in [-0.2, -0.15) is 0 Å². The third-order valence-electron chi connectivity index (χ3n) is 1.73. The number of carbonyl (C=O) groups excluding carboxylic acids is 1. The van der Waals surface area contributed by atoms with Crippen LogP contribution in [0.2, 0.25) is 0 Å². The van der Waals surface area contributed by atoms with Crippen LogP contribution in [0.3, 0.4) is 0 Å². The molecule has 0 spiro atoms. The molecule has 0 saturated carbocycles. The second-order valence-corrected chi connectivity index (χ2v) is 2.81. The monoisotopic (exact) mass is 190 g/mol. The first-order chi connectivity index (χ1) is 6.86. The lowest BCUT2D eigenvalue weighted by atomic mass is 10.2. The van der Waals surface area contributed by atoms with Crippen molar-refractivity contribution in [3.05, 3.63) is 35.9 Å². The van der Waals surface area contributed by atoms with Crippen LogP contribution < -0.4 is 4.74 Å². The number of hydrogen-bond donors (Lipinski definition) is 0. The molecule has 2 nitrogen and oxygen atoms in total. The van der Waals surface area contributed by atoms with E-state index in [0.29, 0.717) is 13.0 Å². The van der Waals surface area contributed by atoms with E-state index in [1.165, 1.54) is 0 Å². The molecule has 0 aliphatic rings. The van der Waals surface area contributed by atoms with Gasteiger partial charge in [0.15, 0.2) is 0 Å². The van der Waals surface area contributed by atoms with E-state index in [0.717, 1.165) is 17.6 Å². The summed E-state index contributed by atoms with van der Waals surface area (Å²) < 4.78 is 5.31. The first-order valence-corrected chi connectivity index (χ1v) is 4.70. The second-order valence-electron chi connectivity index (χ2n) is 2.81. The predicted octanol–water partition coefficient (Wildman–Crippen LogP) is 2.69. The lowest BCUT2D eigenvalue weighted by Crippen LogP contribution is -1.90. The third-order valence-corrected chi connectivity index (χ3v) is 1.73. The van der Waals surface area contributed by atoms with Crippen molar-refractivity contribution in [3.8, 4) is 5.75 Å². The normalized spacial score (nSPS) is 10.4. The first-order valence-electron chi connectivity index (χ1n) is 4.70. The van der Waals surface area contributed by atoms with Gasteiger partial charge >= 0.3 is 0 Å². The average Bonchev–Trinajstić information content (AvgIpc) is 2.21. The van der Waals surface area contributed by atoms with E-state index in [9.17, 15) is 4.79 Å². The zero-order valence-electron chi connectivity index (χ0n) is 8.27. The minimum Gasteiger partial charge on any atom is -0.494 e. The van der Waals surface area contributed by atoms with Crippen molar-refractivity contribution < 1.29 is 9.53 Å². The molecule has 0 aliphatic carbocycles. The average molecular weight is 190 g/mol. The maximum absolute atomic E-state index is 10.1. The highest BCUT2D eigenvalue weighted by Gasteiger charge is 1.90. The van der Waals surface area contributed by atoms with E-state index in [-0.39, 0.29) is 0 Å². The van der Waals surface area contributed by atoms with Gasteiger partial charge in [-0.15, -0.1) is 0 Å². The Kier molecular flexibility index (Phi) is 4.48. The Hall–Kier alpha value is -1.57. The van der Waals surface area contributed by atoms with Crippen molar-refractivity contribution in [2.24, 2.45) is 0 Å². The van der Waals surface area contributed by atoms with Gasteiger partial charge < -0.3 is 9.53 Å². The predicted molar refractivity (Wildman–Crippen MR) is 57.3 cm³/mol. The highest BCUT2D eigenvalue weighted by molar-refractivity contribution is 5.58. The Morgan fingerprint density at radius 1 is 1.29 bits per heavy atom. The van der Waals surface area contributed by atoms with Crippen LogP contribution in [-0.2, 0) is 4.79 Å². The van der Waals surface area contributed by atoms with E-state index in [1.807, 2.05) is 43.3 Å². The molecule has 0 N–H and O–H groups in total. The Morgan fingerprint density at radius 2 is 2.00 bits per heavy atom. The van der Waals surface area contributed by atoms with Crippen molar-refractivity contribution in [2.45, 2.75) is 13.3 Å². The maximum Gasteiger partial charge on any atom is 0.123 e. The molecule has 0 aromatic heterocycles. The van der Waals surface area contributed by atoms with Gasteiger partial charge in [0.05, 0.1) is 6.61 Å². The van der Waals surface area contributed by atoms with Gasteiger partial charge in [-0.25, -0.2) is 0 Å². The Labute approximate surface area is 84.2 Å². The lowest BCUT2D eigenvalue weighted by molar-refractivity contribution is -0.107. The number of aldehydes is 1. The van der Waals surface area contributed by atoms with Gasteiger partial charge in [0, 0.05) is 6.42 Å². The molecule has 0 saturated heterocycles. The van der Waals surface area contributed by atoms with Gasteiger partial charge in [0.25, 0.3) is 0 Å². The smallest absolute Gasteiger partial charge is 0.123 e. The van der Waals surface area contributed by atoms with E-state index < -0.39 is 0 Å². The van der Waals surface area contributed by atoms with Gasteiger partial charge in [-0.3, -0.25) is 0 Å². The standard InChI is InChI=1S/C12H14O2/c1-2-14-12-8-6-11(7-9-12)5-3-4-10-13/h3,5-10H,2,4H2,1H3. The molecule has 74 valence electrons. The quantitative estimate of drug-likeness (QED) is 0.667. The van der Waals surface area contributed by atoms with Gasteiger partial charge in [0.2, 0.25) is 0 Å². The van der Waals surface area contributed by atoms with Crippen LogP contribution in [0.25, 0.3) is 6.08 Å². The molecule has 0 amide bonds. The summed E-state index contributed by atoms with van der Waals surface area (Å²) in [5, 5.41) is 0. The van der Waals surface area contributed by atoms with Crippen LogP contribution in [0.15, 0.2) is 30.3 Å². The molecule has 0 heterocycles. The number of rotatable bonds is 5. The zero-order chi connectivity index (χ0) is 10.2. The molecule has 0 aliphatic heterocycles. The Balaban J connectivity index is 2.58. The summed E-state index contributed by atoms with van der Waals surface area (Å²) in [6.07, 6.45) is 5.10. The zero-order valence-corrected chi connectivity index (χ0v) is 8.27. The van der Waals surface area contributed by atoms with Crippen LogP contribution in [0.5, 0.6) is 5.75 Å². The molecule has 2 heteroatoms. The molecule has 0 bridgehead atoms. The highest BCUT2D eigenvalue weighted by atomic mass is 16.5. The fraction of sp³-hybridized carbons (Fsp3) is 0.250. The molecule has 1 aromatic carbocycles. The molecular formula is C12H14O2. The molecule has 0 atom stereocenters. The molecule has 1 aromatic rings. The van der Waals surface area contributed by atoms with Crippen LogP contribution >= 0.6 is 0 Å². The Bertz CT molecular complexity index is 299. The van der Waals surface area contributed by atoms with E-state index in [1.54, 1.807) is 0 Å². The van der Waals surface area contributed by atoms with Crippen molar-refractivity contribution >= 4 is 12.4 Å². The van der Waals surface area contributed by atoms with Crippen molar-refractivity contribution in [3.63, 3.8) is 0 Å². The van der Waals surface area contributed by atoms with E-state index in [2.05, 4.69) is 0 Å². The summed E-state index contributed by atoms with van der Waals surface area (Å²) in [7, 11) is 0. The number of carbonyl (C=O) groups is 1. The van der Waals surface area contributed by atoms with Crippen LogP contribution in [0.1, 0.15) is 18.9 Å². The molecule has 0 unspecified atom stereocenters. The maximum atomic E-state index is 10.1. The van der Waals surface area contributed by atoms with Gasteiger partial charge in [0.1, 0.15) is 12.0 Å². The van der Waals surface area contributed by atoms with Crippen molar-refractivity contribution in [2.75, 3.05) is 6.61 Å². The molecule has 1 rings (SSSR count). The fourth-order valence-electron chi connectivity index (χ4n) is 1.10. The lowest BCUT2D eigenvalue weighted by Gasteiger charge is -2.01. The van der Waals surface area contributed by atoms with Crippen LogP contribution in [0.4, 0.5) is 0 Å². The molecular weight excluding hydrogens is 176 g/mol. The summed E-state index contributed by atoms with van der Waals surface area (Å²) in [6.45, 7) is 2.64. The largest absolute Gasteiger partial charge is 0.494 e. The Morgan fingerprint density at radius 3 is 2.57 bits per heavy atom. The number of benzene rings is 1. The summed E-state index contributed by atoms with van der Waals surface area (Å²) in [5.41, 5.74) is 1.08. The van der Waals surface area contributed by atoms with Gasteiger partial charge in [-0.05, 0) is 24.6 Å². The van der Waals surface area contributed by atoms with Crippen molar-refractivity contribution in [1.82, 2.24) is 0 Å². The van der Waals surface area contributed by atoms with E-state index in [4.69, 9.17) is 4.74 Å². The molecule has 0 fully saturated rings. The fourth-order valence-corrected chi connectivity index (χ4v) is 1.10. The topological polar surface area (TPSA) is 26.3 Å². The minimum absolute atomic E-state index is 0.465. The number of allylic oxidation sites excluding steroid dienone is 1. The van der Waals surface area contributed by atoms with Crippen molar-refractivity contribution in [1.29, 1.82) is 0 Å². The summed E-state index contributed by atoms with van der Waals surface area (Å²) in [4.78, 5) is 10.1. The van der Waals surface area contributed by atoms with Gasteiger partial charge in [-0.1, -0.05) is 24.3 Å². The summed E-state index contributed by atoms with van der Waals surface area (Å²) in [5.74, 6) is 0.875. The highest BCUT2D eigenvalue weighted by Crippen LogP contribution is 2.12. The van der Waals surface area contributed by atoms with Crippen LogP contribution in [0, 0.1) is 0 Å².